The van der Waals surface area contributed by atoms with Crippen molar-refractivity contribution in [3.05, 3.63) is 23.2 Å². The number of rotatable bonds is 2. The summed E-state index contributed by atoms with van der Waals surface area (Å²) in [7, 11) is -0.479. The highest BCUT2D eigenvalue weighted by Crippen LogP contribution is 2.36. The van der Waals surface area contributed by atoms with E-state index in [0.717, 1.165) is 31.4 Å². The van der Waals surface area contributed by atoms with Crippen LogP contribution in [0.2, 0.25) is 5.02 Å². The van der Waals surface area contributed by atoms with Gasteiger partial charge in [0.2, 0.25) is 0 Å². The van der Waals surface area contributed by atoms with Crippen molar-refractivity contribution in [3.8, 4) is 0 Å². The molecule has 0 aromatic heterocycles. The fourth-order valence-corrected chi connectivity index (χ4v) is 3.22. The highest BCUT2D eigenvalue weighted by molar-refractivity contribution is 6.62. The molecule has 0 aliphatic carbocycles. The molecule has 0 radical (unpaired) electrons. The number of hydrogen-bond donors (Lipinski definition) is 1. The first-order valence-electron chi connectivity index (χ1n) is 8.91. The Morgan fingerprint density at radius 2 is 1.72 bits per heavy atom. The second-order valence-corrected chi connectivity index (χ2v) is 8.21. The highest BCUT2D eigenvalue weighted by atomic mass is 35.5. The fraction of sp³-hybridized carbons (Fsp3) is 0.611. The number of carbonyl (C=O) groups excluding carboxylic acids is 1. The first-order valence-corrected chi connectivity index (χ1v) is 9.28. The van der Waals surface area contributed by atoms with Gasteiger partial charge in [0, 0.05) is 13.1 Å². The average Bonchev–Trinajstić information content (AvgIpc) is 2.78. The molecule has 2 aliphatic rings. The molecule has 3 rings (SSSR count). The molecule has 0 unspecified atom stereocenters. The van der Waals surface area contributed by atoms with Crippen LogP contribution in [0.1, 0.15) is 47.0 Å². The molecule has 7 heteroatoms. The molecule has 25 heavy (non-hydrogen) atoms. The zero-order valence-corrected chi connectivity index (χ0v) is 16.2. The lowest BCUT2D eigenvalue weighted by Gasteiger charge is -2.32. The van der Waals surface area contributed by atoms with Crippen LogP contribution in [0.4, 0.5) is 10.5 Å². The molecule has 0 spiro atoms. The van der Waals surface area contributed by atoms with E-state index in [1.54, 1.807) is 6.07 Å². The van der Waals surface area contributed by atoms with Crippen molar-refractivity contribution in [2.75, 3.05) is 18.4 Å². The summed E-state index contributed by atoms with van der Waals surface area (Å²) >= 11 is 6.28. The van der Waals surface area contributed by atoms with Crippen molar-refractivity contribution < 1.29 is 14.1 Å². The molecule has 0 saturated carbocycles. The molecule has 1 aromatic carbocycles. The van der Waals surface area contributed by atoms with Crippen LogP contribution in [0.3, 0.4) is 0 Å². The SMILES string of the molecule is CC1(C)OB(c2ccc(Cl)c(NC(=O)N3CCCCC3)c2)OC1(C)C. The number of amides is 2. The van der Waals surface area contributed by atoms with Crippen molar-refractivity contribution >= 4 is 35.9 Å². The summed E-state index contributed by atoms with van der Waals surface area (Å²) < 4.78 is 12.2. The second kappa shape index (κ2) is 6.82. The Morgan fingerprint density at radius 3 is 2.32 bits per heavy atom. The lowest BCUT2D eigenvalue weighted by molar-refractivity contribution is 0.00578. The number of piperidine rings is 1. The smallest absolute Gasteiger partial charge is 0.399 e. The molecule has 0 bridgehead atoms. The molecule has 5 nitrogen and oxygen atoms in total. The van der Waals surface area contributed by atoms with Gasteiger partial charge in [-0.3, -0.25) is 0 Å². The lowest BCUT2D eigenvalue weighted by Crippen LogP contribution is -2.41. The van der Waals surface area contributed by atoms with Crippen molar-refractivity contribution in [1.82, 2.24) is 4.90 Å². The first-order chi connectivity index (χ1) is 11.7. The van der Waals surface area contributed by atoms with Gasteiger partial charge in [-0.05, 0) is 64.6 Å². The van der Waals surface area contributed by atoms with Gasteiger partial charge in [-0.1, -0.05) is 17.7 Å². The fourth-order valence-electron chi connectivity index (χ4n) is 3.06. The minimum Gasteiger partial charge on any atom is -0.399 e. The Kier molecular flexibility index (Phi) is 5.06. The molecule has 2 aliphatic heterocycles. The van der Waals surface area contributed by atoms with Crippen molar-refractivity contribution in [3.63, 3.8) is 0 Å². The van der Waals surface area contributed by atoms with Crippen LogP contribution < -0.4 is 10.8 Å². The van der Waals surface area contributed by atoms with Crippen LogP contribution in [0.5, 0.6) is 0 Å². The van der Waals surface area contributed by atoms with Crippen molar-refractivity contribution in [2.45, 2.75) is 58.2 Å². The first kappa shape index (κ1) is 18.6. The van der Waals surface area contributed by atoms with Crippen LogP contribution in [0, 0.1) is 0 Å². The molecule has 1 aromatic rings. The summed E-state index contributed by atoms with van der Waals surface area (Å²) in [5.41, 5.74) is 0.615. The normalized spacial score (nSPS) is 22.1. The second-order valence-electron chi connectivity index (χ2n) is 7.81. The lowest BCUT2D eigenvalue weighted by atomic mass is 9.79. The number of urea groups is 1. The number of benzene rings is 1. The number of halogens is 1. The van der Waals surface area contributed by atoms with Crippen LogP contribution in [-0.2, 0) is 9.31 Å². The standard InChI is InChI=1S/C18H26BClN2O3/c1-17(2)18(3,4)25-19(24-17)13-8-9-14(20)15(12-13)21-16(23)22-10-6-5-7-11-22/h8-9,12H,5-7,10-11H2,1-4H3,(H,21,23). The van der Waals surface area contributed by atoms with E-state index in [4.69, 9.17) is 20.9 Å². The van der Waals surface area contributed by atoms with Gasteiger partial charge >= 0.3 is 13.1 Å². The molecular formula is C18H26BClN2O3. The quantitative estimate of drug-likeness (QED) is 0.815. The summed E-state index contributed by atoms with van der Waals surface area (Å²) in [5.74, 6) is 0. The number of anilines is 1. The van der Waals surface area contributed by atoms with Crippen LogP contribution in [-0.4, -0.2) is 42.3 Å². The molecule has 2 heterocycles. The number of nitrogens with zero attached hydrogens (tertiary/aromatic N) is 1. The van der Waals surface area contributed by atoms with E-state index in [0.29, 0.717) is 10.7 Å². The molecule has 1 N–H and O–H groups in total. The maximum absolute atomic E-state index is 12.5. The van der Waals surface area contributed by atoms with Crippen LogP contribution in [0.15, 0.2) is 18.2 Å². The van der Waals surface area contributed by atoms with Gasteiger partial charge in [0.25, 0.3) is 0 Å². The minimum absolute atomic E-state index is 0.104. The summed E-state index contributed by atoms with van der Waals surface area (Å²) in [5, 5.41) is 3.43. The van der Waals surface area contributed by atoms with Gasteiger partial charge in [-0.2, -0.15) is 0 Å². The third-order valence-corrected chi connectivity index (χ3v) is 5.73. The van der Waals surface area contributed by atoms with Gasteiger partial charge < -0.3 is 19.5 Å². The number of nitrogens with one attached hydrogen (secondary N) is 1. The molecule has 2 fully saturated rings. The summed E-state index contributed by atoms with van der Waals surface area (Å²) in [6, 6.07) is 5.38. The zero-order valence-electron chi connectivity index (χ0n) is 15.4. The summed E-state index contributed by atoms with van der Waals surface area (Å²) in [6.45, 7) is 9.65. The van der Waals surface area contributed by atoms with Crippen LogP contribution in [0.25, 0.3) is 0 Å². The van der Waals surface area contributed by atoms with E-state index in [-0.39, 0.29) is 6.03 Å². The largest absolute Gasteiger partial charge is 0.494 e. The van der Waals surface area contributed by atoms with Gasteiger partial charge in [-0.25, -0.2) is 4.79 Å². The molecule has 136 valence electrons. The van der Waals surface area contributed by atoms with Crippen molar-refractivity contribution in [2.24, 2.45) is 0 Å². The van der Waals surface area contributed by atoms with Gasteiger partial charge in [-0.15, -0.1) is 0 Å². The topological polar surface area (TPSA) is 50.8 Å². The maximum Gasteiger partial charge on any atom is 0.494 e. The van der Waals surface area contributed by atoms with E-state index >= 15 is 0 Å². The van der Waals surface area contributed by atoms with Crippen molar-refractivity contribution in [1.29, 1.82) is 0 Å². The predicted molar refractivity (Wildman–Crippen MR) is 102 cm³/mol. The summed E-state index contributed by atoms with van der Waals surface area (Å²) in [4.78, 5) is 14.3. The van der Waals surface area contributed by atoms with E-state index in [9.17, 15) is 4.79 Å². The number of likely N-dealkylation sites (tertiary alicyclic amines) is 1. The highest BCUT2D eigenvalue weighted by Gasteiger charge is 2.51. The van der Waals surface area contributed by atoms with Gasteiger partial charge in [0.1, 0.15) is 0 Å². The van der Waals surface area contributed by atoms with Gasteiger partial charge in [0.15, 0.2) is 0 Å². The Balaban J connectivity index is 1.76. The van der Waals surface area contributed by atoms with E-state index in [2.05, 4.69) is 5.32 Å². The number of hydrogen-bond acceptors (Lipinski definition) is 3. The Morgan fingerprint density at radius 1 is 1.12 bits per heavy atom. The average molecular weight is 365 g/mol. The number of carbonyl (C=O) groups is 1. The zero-order chi connectivity index (χ0) is 18.2. The molecule has 2 saturated heterocycles. The Hall–Kier alpha value is -1.24. The monoisotopic (exact) mass is 364 g/mol. The third-order valence-electron chi connectivity index (χ3n) is 5.40. The molecular weight excluding hydrogens is 338 g/mol. The Bertz CT molecular complexity index is 644. The minimum atomic E-state index is -0.479. The van der Waals surface area contributed by atoms with Gasteiger partial charge in [0.05, 0.1) is 21.9 Å². The third kappa shape index (κ3) is 3.81. The molecule has 2 amide bonds. The predicted octanol–water partition coefficient (Wildman–Crippen LogP) is 3.66. The Labute approximate surface area is 155 Å². The van der Waals surface area contributed by atoms with E-state index < -0.39 is 18.3 Å². The maximum atomic E-state index is 12.5. The van der Waals surface area contributed by atoms with E-state index in [1.165, 1.54) is 6.42 Å². The van der Waals surface area contributed by atoms with E-state index in [1.807, 2.05) is 44.7 Å². The molecule has 0 atom stereocenters. The summed E-state index contributed by atoms with van der Waals surface area (Å²) in [6.07, 6.45) is 3.28. The van der Waals surface area contributed by atoms with Crippen LogP contribution >= 0.6 is 11.6 Å².